The predicted molar refractivity (Wildman–Crippen MR) is 76.6 cm³/mol. The number of hydrogen-bond acceptors (Lipinski definition) is 1. The van der Waals surface area contributed by atoms with Gasteiger partial charge in [0.15, 0.2) is 11.6 Å². The van der Waals surface area contributed by atoms with E-state index in [0.717, 1.165) is 17.3 Å². The highest BCUT2D eigenvalue weighted by Gasteiger charge is 2.14. The highest BCUT2D eigenvalue weighted by Crippen LogP contribution is 2.28. The zero-order valence-electron chi connectivity index (χ0n) is 11.7. The van der Waals surface area contributed by atoms with Gasteiger partial charge in [-0.2, -0.15) is 5.10 Å². The molecule has 0 N–H and O–H groups in total. The average molecular weight is 274 g/mol. The third-order valence-electron chi connectivity index (χ3n) is 2.97. The van der Waals surface area contributed by atoms with Crippen LogP contribution < -0.4 is 0 Å². The number of rotatable bonds is 1. The fraction of sp³-hybridized carbons (Fsp3) is 0.188. The van der Waals surface area contributed by atoms with Crippen molar-refractivity contribution in [2.45, 2.75) is 20.8 Å². The lowest BCUT2D eigenvalue weighted by Gasteiger charge is -2.03. The van der Waals surface area contributed by atoms with Crippen LogP contribution in [0.15, 0.2) is 42.6 Å². The Morgan fingerprint density at radius 2 is 1.65 bits per heavy atom. The van der Waals surface area contributed by atoms with E-state index in [1.165, 1.54) is 6.07 Å². The number of fused-ring (bicyclic) bond motifs is 1. The molecule has 20 heavy (non-hydrogen) atoms. The Labute approximate surface area is 116 Å². The van der Waals surface area contributed by atoms with Gasteiger partial charge in [-0.3, -0.25) is 0 Å². The van der Waals surface area contributed by atoms with Crippen molar-refractivity contribution in [3.63, 3.8) is 0 Å². The van der Waals surface area contributed by atoms with Gasteiger partial charge in [0.1, 0.15) is 0 Å². The van der Waals surface area contributed by atoms with Crippen LogP contribution >= 0.6 is 0 Å². The summed E-state index contributed by atoms with van der Waals surface area (Å²) in [4.78, 5) is 0. The van der Waals surface area contributed by atoms with E-state index >= 15 is 0 Å². The molecule has 0 aliphatic heterocycles. The Morgan fingerprint density at radius 3 is 2.40 bits per heavy atom. The van der Waals surface area contributed by atoms with Crippen molar-refractivity contribution < 1.29 is 8.78 Å². The number of aromatic nitrogens is 2. The minimum absolute atomic E-state index is 0.232. The summed E-state index contributed by atoms with van der Waals surface area (Å²) in [6, 6.07) is 9.76. The molecule has 3 rings (SSSR count). The van der Waals surface area contributed by atoms with Crippen LogP contribution in [0.4, 0.5) is 8.78 Å². The largest absolute Gasteiger partial charge is 0.237 e. The zero-order valence-corrected chi connectivity index (χ0v) is 11.7. The molecule has 0 aliphatic rings. The summed E-state index contributed by atoms with van der Waals surface area (Å²) in [5.74, 6) is -1.69. The van der Waals surface area contributed by atoms with Crippen molar-refractivity contribution in [1.29, 1.82) is 0 Å². The van der Waals surface area contributed by atoms with Gasteiger partial charge in [-0.05, 0) is 25.1 Å². The summed E-state index contributed by atoms with van der Waals surface area (Å²) >= 11 is 0. The maximum atomic E-state index is 13.8. The third kappa shape index (κ3) is 2.29. The third-order valence-corrected chi connectivity index (χ3v) is 2.97. The first-order valence-corrected chi connectivity index (χ1v) is 6.56. The normalized spacial score (nSPS) is 10.2. The zero-order chi connectivity index (χ0) is 14.7. The number of halogens is 2. The van der Waals surface area contributed by atoms with Crippen molar-refractivity contribution in [1.82, 2.24) is 9.61 Å². The molecule has 0 unspecified atom stereocenters. The summed E-state index contributed by atoms with van der Waals surface area (Å²) in [7, 11) is 0. The minimum Gasteiger partial charge on any atom is -0.237 e. The Hall–Kier alpha value is -2.23. The molecule has 0 amide bonds. The summed E-state index contributed by atoms with van der Waals surface area (Å²) < 4.78 is 28.7. The first kappa shape index (κ1) is 14.2. The first-order valence-electron chi connectivity index (χ1n) is 6.56. The van der Waals surface area contributed by atoms with Crippen LogP contribution in [0.1, 0.15) is 19.5 Å². The van der Waals surface area contributed by atoms with Gasteiger partial charge in [-0.15, -0.1) is 0 Å². The second kappa shape index (κ2) is 5.82. The summed E-state index contributed by atoms with van der Waals surface area (Å²) in [5.41, 5.74) is 2.53. The van der Waals surface area contributed by atoms with E-state index in [0.29, 0.717) is 5.56 Å². The quantitative estimate of drug-likeness (QED) is 0.633. The molecular formula is C16H16F2N2. The molecule has 0 fully saturated rings. The molecule has 0 bridgehead atoms. The van der Waals surface area contributed by atoms with Gasteiger partial charge < -0.3 is 0 Å². The lowest BCUT2D eigenvalue weighted by molar-refractivity contribution is 0.511. The van der Waals surface area contributed by atoms with Gasteiger partial charge in [0.2, 0.25) is 0 Å². The van der Waals surface area contributed by atoms with Gasteiger partial charge in [0, 0.05) is 16.8 Å². The van der Waals surface area contributed by atoms with Gasteiger partial charge >= 0.3 is 0 Å². The lowest BCUT2D eigenvalue weighted by atomic mass is 10.1. The van der Waals surface area contributed by atoms with Crippen LogP contribution in [0, 0.1) is 18.6 Å². The van der Waals surface area contributed by atoms with Crippen LogP contribution in [0.3, 0.4) is 0 Å². The Morgan fingerprint density at radius 1 is 0.950 bits per heavy atom. The maximum Gasteiger partial charge on any atom is 0.166 e. The highest BCUT2D eigenvalue weighted by atomic mass is 19.2. The molecule has 2 aromatic heterocycles. The summed E-state index contributed by atoms with van der Waals surface area (Å²) in [5, 5.41) is 4.19. The van der Waals surface area contributed by atoms with E-state index in [9.17, 15) is 8.78 Å². The molecule has 104 valence electrons. The summed E-state index contributed by atoms with van der Waals surface area (Å²) in [6.07, 6.45) is 1.56. The maximum absolute atomic E-state index is 13.8. The Balaban J connectivity index is 0.000000704. The molecule has 0 saturated carbocycles. The second-order valence-corrected chi connectivity index (χ2v) is 4.12. The SMILES string of the molecule is CC.Cc1cccc2c(-c3cccc(F)c3F)cnn12. The van der Waals surface area contributed by atoms with Gasteiger partial charge in [0.25, 0.3) is 0 Å². The van der Waals surface area contributed by atoms with Crippen molar-refractivity contribution >= 4 is 5.52 Å². The topological polar surface area (TPSA) is 17.3 Å². The molecule has 0 aliphatic carbocycles. The van der Waals surface area contributed by atoms with Crippen LogP contribution in [-0.2, 0) is 0 Å². The van der Waals surface area contributed by atoms with E-state index in [2.05, 4.69) is 5.10 Å². The monoisotopic (exact) mass is 274 g/mol. The van der Waals surface area contributed by atoms with Crippen molar-refractivity contribution in [2.24, 2.45) is 0 Å². The highest BCUT2D eigenvalue weighted by molar-refractivity contribution is 5.80. The fourth-order valence-corrected chi connectivity index (χ4v) is 2.07. The number of pyridine rings is 1. The summed E-state index contributed by atoms with van der Waals surface area (Å²) in [6.45, 7) is 5.91. The van der Waals surface area contributed by atoms with Gasteiger partial charge in [-0.25, -0.2) is 13.3 Å². The van der Waals surface area contributed by atoms with Gasteiger partial charge in [-0.1, -0.05) is 32.0 Å². The number of hydrogen-bond donors (Lipinski definition) is 0. The molecule has 2 nitrogen and oxygen atoms in total. The molecule has 4 heteroatoms. The van der Waals surface area contributed by atoms with E-state index < -0.39 is 11.6 Å². The fourth-order valence-electron chi connectivity index (χ4n) is 2.07. The van der Waals surface area contributed by atoms with E-state index in [4.69, 9.17) is 0 Å². The van der Waals surface area contributed by atoms with Crippen molar-refractivity contribution in [2.75, 3.05) is 0 Å². The molecule has 3 aromatic rings. The minimum atomic E-state index is -0.848. The van der Waals surface area contributed by atoms with Crippen LogP contribution in [0.2, 0.25) is 0 Å². The van der Waals surface area contributed by atoms with E-state index in [-0.39, 0.29) is 5.56 Å². The number of aryl methyl sites for hydroxylation is 1. The molecule has 0 radical (unpaired) electrons. The van der Waals surface area contributed by atoms with Gasteiger partial charge in [0.05, 0.1) is 11.7 Å². The molecule has 0 saturated heterocycles. The first-order chi connectivity index (χ1) is 9.68. The van der Waals surface area contributed by atoms with E-state index in [1.807, 2.05) is 39.0 Å². The smallest absolute Gasteiger partial charge is 0.166 e. The van der Waals surface area contributed by atoms with Crippen molar-refractivity contribution in [3.05, 3.63) is 59.9 Å². The van der Waals surface area contributed by atoms with Crippen LogP contribution in [0.25, 0.3) is 16.6 Å². The van der Waals surface area contributed by atoms with Crippen LogP contribution in [-0.4, -0.2) is 9.61 Å². The Bertz CT molecular complexity index is 732. The molecule has 2 heterocycles. The molecule has 0 atom stereocenters. The second-order valence-electron chi connectivity index (χ2n) is 4.12. The standard InChI is InChI=1S/C14H10F2N2.C2H6/c1-9-4-2-7-13-11(8-17-18(9)13)10-5-3-6-12(15)14(10)16;1-2/h2-8H,1H3;1-2H3. The molecule has 0 spiro atoms. The van der Waals surface area contributed by atoms with Crippen LogP contribution in [0.5, 0.6) is 0 Å². The number of nitrogens with zero attached hydrogens (tertiary/aromatic N) is 2. The number of benzene rings is 1. The predicted octanol–water partition coefficient (Wildman–Crippen LogP) is 4.61. The van der Waals surface area contributed by atoms with E-state index in [1.54, 1.807) is 16.8 Å². The lowest BCUT2D eigenvalue weighted by Crippen LogP contribution is -1.92. The molecular weight excluding hydrogens is 258 g/mol. The Kier molecular flexibility index (Phi) is 4.13. The molecule has 1 aromatic carbocycles. The average Bonchev–Trinajstić information content (AvgIpc) is 2.89. The van der Waals surface area contributed by atoms with Crippen molar-refractivity contribution in [3.8, 4) is 11.1 Å².